The Hall–Kier alpha value is -3.20. The number of morpholine rings is 1. The van der Waals surface area contributed by atoms with Gasteiger partial charge in [-0.3, -0.25) is 4.79 Å². The van der Waals surface area contributed by atoms with Crippen LogP contribution in [-0.4, -0.2) is 59.7 Å². The van der Waals surface area contributed by atoms with E-state index in [9.17, 15) is 4.79 Å². The molecule has 4 heterocycles. The van der Waals surface area contributed by atoms with Crippen molar-refractivity contribution in [1.82, 2.24) is 15.0 Å². The minimum Gasteiger partial charge on any atom is -0.442 e. The molecule has 1 aliphatic heterocycles. The molecule has 0 spiro atoms. The van der Waals surface area contributed by atoms with E-state index in [1.54, 1.807) is 13.1 Å². The number of ether oxygens (including phenoxy) is 1. The van der Waals surface area contributed by atoms with Crippen LogP contribution in [0.25, 0.3) is 11.1 Å². The quantitative estimate of drug-likeness (QED) is 0.670. The average Bonchev–Trinajstić information content (AvgIpc) is 3.44. The number of furan rings is 1. The van der Waals surface area contributed by atoms with Crippen molar-refractivity contribution in [2.75, 3.05) is 48.5 Å². The first-order valence-corrected chi connectivity index (χ1v) is 10.5. The predicted octanol–water partition coefficient (Wildman–Crippen LogP) is 3.00. The fourth-order valence-electron chi connectivity index (χ4n) is 3.96. The molecule has 162 valence electrons. The molecule has 3 aromatic heterocycles. The minimum absolute atomic E-state index is 0.0550. The molecule has 0 unspecified atom stereocenters. The molecule has 0 atom stereocenters. The largest absolute Gasteiger partial charge is 0.442 e. The summed E-state index contributed by atoms with van der Waals surface area (Å²) in [6.07, 6.45) is 5.34. The minimum atomic E-state index is -0.262. The number of fused-ring (bicyclic) bond motifs is 1. The van der Waals surface area contributed by atoms with Crippen molar-refractivity contribution in [3.05, 3.63) is 36.0 Å². The first-order valence-electron chi connectivity index (χ1n) is 10.5. The first-order chi connectivity index (χ1) is 15.0. The summed E-state index contributed by atoms with van der Waals surface area (Å²) in [5.74, 6) is 1.85. The fraction of sp³-hybridized carbons (Fsp3) is 0.455. The number of nitrogens with one attached hydrogen (secondary N) is 1. The summed E-state index contributed by atoms with van der Waals surface area (Å²) in [6, 6.07) is 3.78. The Morgan fingerprint density at radius 3 is 2.65 bits per heavy atom. The normalized spacial score (nSPS) is 17.6. The molecule has 9 heteroatoms. The lowest BCUT2D eigenvalue weighted by Gasteiger charge is -2.27. The van der Waals surface area contributed by atoms with Gasteiger partial charge in [0, 0.05) is 25.7 Å². The zero-order valence-electron chi connectivity index (χ0n) is 18.0. The van der Waals surface area contributed by atoms with Gasteiger partial charge in [0.1, 0.15) is 23.7 Å². The molecule has 1 saturated carbocycles. The highest BCUT2D eigenvalue weighted by molar-refractivity contribution is 6.15. The lowest BCUT2D eigenvalue weighted by atomic mass is 10.1. The number of pyridine rings is 1. The maximum absolute atomic E-state index is 13.2. The van der Waals surface area contributed by atoms with Crippen LogP contribution in [0.5, 0.6) is 0 Å². The molecule has 1 saturated heterocycles. The second-order valence-electron chi connectivity index (χ2n) is 8.43. The third kappa shape index (κ3) is 3.59. The van der Waals surface area contributed by atoms with Crippen LogP contribution in [0.4, 0.5) is 17.3 Å². The maximum Gasteiger partial charge on any atom is 0.260 e. The van der Waals surface area contributed by atoms with E-state index in [2.05, 4.69) is 37.0 Å². The van der Waals surface area contributed by atoms with Crippen LogP contribution in [0.2, 0.25) is 0 Å². The van der Waals surface area contributed by atoms with Crippen LogP contribution in [0.1, 0.15) is 35.9 Å². The zero-order chi connectivity index (χ0) is 21.6. The van der Waals surface area contributed by atoms with Gasteiger partial charge in [0.25, 0.3) is 5.91 Å². The van der Waals surface area contributed by atoms with Crippen LogP contribution in [0.15, 0.2) is 29.1 Å². The van der Waals surface area contributed by atoms with Gasteiger partial charge in [-0.25, -0.2) is 15.0 Å². The third-order valence-electron chi connectivity index (χ3n) is 6.31. The van der Waals surface area contributed by atoms with E-state index in [0.29, 0.717) is 47.1 Å². The fourth-order valence-corrected chi connectivity index (χ4v) is 3.96. The van der Waals surface area contributed by atoms with Gasteiger partial charge in [-0.05, 0) is 38.8 Å². The van der Waals surface area contributed by atoms with E-state index in [1.165, 1.54) is 6.33 Å². The van der Waals surface area contributed by atoms with Crippen LogP contribution in [0.3, 0.4) is 0 Å². The van der Waals surface area contributed by atoms with Crippen LogP contribution in [-0.2, 0) is 4.74 Å². The Balaban J connectivity index is 1.42. The first kappa shape index (κ1) is 19.7. The number of aromatic nitrogens is 3. The molecule has 0 aromatic carbocycles. The Bertz CT molecular complexity index is 1120. The summed E-state index contributed by atoms with van der Waals surface area (Å²) in [7, 11) is 2.01. The molecule has 3 aromatic rings. The van der Waals surface area contributed by atoms with Gasteiger partial charge < -0.3 is 24.3 Å². The molecule has 1 aliphatic carbocycles. The van der Waals surface area contributed by atoms with Crippen molar-refractivity contribution < 1.29 is 13.9 Å². The monoisotopic (exact) mass is 422 g/mol. The molecule has 2 aliphatic rings. The number of hydrogen-bond donors (Lipinski definition) is 1. The van der Waals surface area contributed by atoms with Gasteiger partial charge in [0.05, 0.1) is 36.0 Å². The summed E-state index contributed by atoms with van der Waals surface area (Å²) >= 11 is 0. The molecule has 2 fully saturated rings. The smallest absolute Gasteiger partial charge is 0.260 e. The van der Waals surface area contributed by atoms with Gasteiger partial charge in [-0.15, -0.1) is 0 Å². The third-order valence-corrected chi connectivity index (χ3v) is 6.31. The molecule has 5 rings (SSSR count). The van der Waals surface area contributed by atoms with Gasteiger partial charge in [0.15, 0.2) is 0 Å². The SMILES string of the molecule is Cc1oc2ncnc(N(C)C3(C)CC3)c2c1C(=O)Nc1ccc(N2CCOCC2)nc1. The van der Waals surface area contributed by atoms with Crippen molar-refractivity contribution in [3.63, 3.8) is 0 Å². The van der Waals surface area contributed by atoms with Crippen molar-refractivity contribution in [2.24, 2.45) is 0 Å². The molecule has 0 radical (unpaired) electrons. The van der Waals surface area contributed by atoms with E-state index >= 15 is 0 Å². The number of aryl methyl sites for hydroxylation is 1. The van der Waals surface area contributed by atoms with E-state index in [-0.39, 0.29) is 11.4 Å². The van der Waals surface area contributed by atoms with E-state index in [4.69, 9.17) is 9.15 Å². The average molecular weight is 422 g/mol. The Morgan fingerprint density at radius 1 is 1.19 bits per heavy atom. The van der Waals surface area contributed by atoms with Crippen molar-refractivity contribution >= 4 is 34.3 Å². The lowest BCUT2D eigenvalue weighted by Crippen LogP contribution is -2.36. The van der Waals surface area contributed by atoms with E-state index < -0.39 is 0 Å². The Labute approximate surface area is 180 Å². The van der Waals surface area contributed by atoms with Crippen LogP contribution in [0, 0.1) is 6.92 Å². The Kier molecular flexibility index (Phi) is 4.77. The summed E-state index contributed by atoms with van der Waals surface area (Å²) < 4.78 is 11.2. The van der Waals surface area contributed by atoms with Crippen molar-refractivity contribution in [1.29, 1.82) is 0 Å². The number of carbonyl (C=O) groups excluding carboxylic acids is 1. The molecular weight excluding hydrogens is 396 g/mol. The van der Waals surface area contributed by atoms with Crippen molar-refractivity contribution in [2.45, 2.75) is 32.2 Å². The van der Waals surface area contributed by atoms with Crippen molar-refractivity contribution in [3.8, 4) is 0 Å². The number of rotatable bonds is 5. The molecule has 9 nitrogen and oxygen atoms in total. The molecule has 31 heavy (non-hydrogen) atoms. The van der Waals surface area contributed by atoms with Gasteiger partial charge >= 0.3 is 0 Å². The second kappa shape index (κ2) is 7.49. The number of carbonyl (C=O) groups is 1. The highest BCUT2D eigenvalue weighted by Gasteiger charge is 2.43. The summed E-state index contributed by atoms with van der Waals surface area (Å²) in [4.78, 5) is 30.8. The maximum atomic E-state index is 13.2. The highest BCUT2D eigenvalue weighted by atomic mass is 16.5. The van der Waals surface area contributed by atoms with E-state index in [1.807, 2.05) is 19.2 Å². The number of amides is 1. The topological polar surface area (TPSA) is 96.6 Å². The van der Waals surface area contributed by atoms with E-state index in [0.717, 1.165) is 31.7 Å². The molecule has 0 bridgehead atoms. The molecule has 1 N–H and O–H groups in total. The van der Waals surface area contributed by atoms with Gasteiger partial charge in [-0.2, -0.15) is 0 Å². The number of hydrogen-bond acceptors (Lipinski definition) is 8. The second-order valence-corrected chi connectivity index (χ2v) is 8.43. The Morgan fingerprint density at radius 2 is 1.97 bits per heavy atom. The standard InChI is InChI=1S/C22H26N6O3/c1-14-17(18-19(24-13-25-21(18)31-14)27(3)22(2)6-7-22)20(29)26-15-4-5-16(23-12-15)28-8-10-30-11-9-28/h4-5,12-13H,6-11H2,1-3H3,(H,26,29). The predicted molar refractivity (Wildman–Crippen MR) is 118 cm³/mol. The number of nitrogens with zero attached hydrogens (tertiary/aromatic N) is 5. The van der Waals surface area contributed by atoms with Crippen LogP contribution >= 0.6 is 0 Å². The summed E-state index contributed by atoms with van der Waals surface area (Å²) in [6.45, 7) is 6.99. The zero-order valence-corrected chi connectivity index (χ0v) is 18.0. The molecular formula is C22H26N6O3. The molecule has 1 amide bonds. The number of anilines is 3. The lowest BCUT2D eigenvalue weighted by molar-refractivity contribution is 0.102. The summed E-state index contributed by atoms with van der Waals surface area (Å²) in [5.41, 5.74) is 1.56. The summed E-state index contributed by atoms with van der Waals surface area (Å²) in [5, 5.41) is 3.59. The van der Waals surface area contributed by atoms with Crippen LogP contribution < -0.4 is 15.1 Å². The van der Waals surface area contributed by atoms with Gasteiger partial charge in [0.2, 0.25) is 5.71 Å². The highest BCUT2D eigenvalue weighted by Crippen LogP contribution is 2.44. The van der Waals surface area contributed by atoms with Gasteiger partial charge in [-0.1, -0.05) is 0 Å².